The molecule has 1 saturated carbocycles. The molecular weight excluding hydrogens is 260 g/mol. The number of esters is 1. The molecule has 7 heteroatoms. The third-order valence-corrected chi connectivity index (χ3v) is 5.03. The quantitative estimate of drug-likeness (QED) is 0.365. The second kappa shape index (κ2) is 4.62. The minimum Gasteiger partial charge on any atom is -0.465 e. The Kier molecular flexibility index (Phi) is 3.16. The Labute approximate surface area is 117 Å². The normalized spacial score (nSPS) is 37.0. The SMILES string of the molecule is CCOC(=O)C12CC(CN=[N+]=[N-])(C1)OC21CCNCC1. The highest BCUT2D eigenvalue weighted by Gasteiger charge is 2.78. The van der Waals surface area contributed by atoms with Crippen LogP contribution < -0.4 is 5.32 Å². The zero-order valence-electron chi connectivity index (χ0n) is 11.7. The number of piperidine rings is 1. The Morgan fingerprint density at radius 3 is 2.75 bits per heavy atom. The van der Waals surface area contributed by atoms with E-state index in [2.05, 4.69) is 15.3 Å². The fourth-order valence-corrected chi connectivity index (χ4v) is 4.27. The van der Waals surface area contributed by atoms with Crippen molar-refractivity contribution in [2.75, 3.05) is 26.2 Å². The van der Waals surface area contributed by atoms with Gasteiger partial charge < -0.3 is 14.8 Å². The van der Waals surface area contributed by atoms with Crippen LogP contribution in [0.25, 0.3) is 10.4 Å². The molecule has 7 nitrogen and oxygen atoms in total. The second-order valence-electron chi connectivity index (χ2n) is 6.07. The minimum atomic E-state index is -0.532. The van der Waals surface area contributed by atoms with E-state index in [4.69, 9.17) is 15.0 Å². The molecule has 0 atom stereocenters. The summed E-state index contributed by atoms with van der Waals surface area (Å²) >= 11 is 0. The Morgan fingerprint density at radius 2 is 2.15 bits per heavy atom. The molecule has 1 N–H and O–H groups in total. The van der Waals surface area contributed by atoms with Gasteiger partial charge in [0.05, 0.1) is 24.4 Å². The van der Waals surface area contributed by atoms with Gasteiger partial charge in [-0.15, -0.1) is 0 Å². The maximum atomic E-state index is 12.5. The summed E-state index contributed by atoms with van der Waals surface area (Å²) in [6, 6.07) is 0. The molecule has 4 fully saturated rings. The Bertz CT molecular complexity index is 460. The minimum absolute atomic E-state index is 0.143. The van der Waals surface area contributed by atoms with E-state index in [1.54, 1.807) is 0 Å². The number of rotatable bonds is 4. The second-order valence-corrected chi connectivity index (χ2v) is 6.07. The summed E-state index contributed by atoms with van der Waals surface area (Å²) in [6.07, 6.45) is 2.86. The van der Waals surface area contributed by atoms with E-state index in [0.717, 1.165) is 25.9 Å². The Balaban J connectivity index is 1.88. The van der Waals surface area contributed by atoms with Crippen LogP contribution in [0.5, 0.6) is 0 Å². The first-order valence-corrected chi connectivity index (χ1v) is 7.21. The summed E-state index contributed by atoms with van der Waals surface area (Å²) in [5, 5.41) is 6.97. The first kappa shape index (κ1) is 13.7. The average Bonchev–Trinajstić information content (AvgIpc) is 2.82. The molecule has 4 aliphatic rings. The zero-order valence-corrected chi connectivity index (χ0v) is 11.7. The molecule has 0 radical (unpaired) electrons. The van der Waals surface area contributed by atoms with Gasteiger partial charge in [0, 0.05) is 4.91 Å². The summed E-state index contributed by atoms with van der Waals surface area (Å²) in [5.74, 6) is -0.143. The number of hydrogen-bond donors (Lipinski definition) is 1. The van der Waals surface area contributed by atoms with E-state index in [-0.39, 0.29) is 5.97 Å². The number of nitrogens with zero attached hydrogens (tertiary/aromatic N) is 3. The van der Waals surface area contributed by atoms with Crippen molar-refractivity contribution in [1.82, 2.24) is 5.32 Å². The molecule has 20 heavy (non-hydrogen) atoms. The van der Waals surface area contributed by atoms with E-state index >= 15 is 0 Å². The van der Waals surface area contributed by atoms with Crippen LogP contribution in [0.15, 0.2) is 5.11 Å². The number of ether oxygens (including phenoxy) is 2. The Hall–Kier alpha value is -1.30. The van der Waals surface area contributed by atoms with E-state index < -0.39 is 16.6 Å². The van der Waals surface area contributed by atoms with Crippen LogP contribution in [0.3, 0.4) is 0 Å². The van der Waals surface area contributed by atoms with E-state index in [0.29, 0.717) is 26.0 Å². The van der Waals surface area contributed by atoms with Crippen molar-refractivity contribution in [3.63, 3.8) is 0 Å². The van der Waals surface area contributed by atoms with Gasteiger partial charge in [-0.05, 0) is 51.2 Å². The van der Waals surface area contributed by atoms with Gasteiger partial charge in [-0.25, -0.2) is 0 Å². The van der Waals surface area contributed by atoms with Crippen molar-refractivity contribution >= 4 is 5.97 Å². The molecule has 110 valence electrons. The summed E-state index contributed by atoms with van der Waals surface area (Å²) in [5.41, 5.74) is 7.10. The zero-order chi connectivity index (χ0) is 14.3. The van der Waals surface area contributed by atoms with E-state index in [9.17, 15) is 4.79 Å². The topological polar surface area (TPSA) is 96.3 Å². The third kappa shape index (κ3) is 1.67. The van der Waals surface area contributed by atoms with Crippen LogP contribution in [0.4, 0.5) is 0 Å². The van der Waals surface area contributed by atoms with Crippen LogP contribution in [0.2, 0.25) is 0 Å². The molecule has 3 saturated heterocycles. The molecule has 2 bridgehead atoms. The Morgan fingerprint density at radius 1 is 1.45 bits per heavy atom. The largest absolute Gasteiger partial charge is 0.465 e. The first-order chi connectivity index (χ1) is 9.62. The van der Waals surface area contributed by atoms with Crippen LogP contribution in [0, 0.1) is 5.41 Å². The fourth-order valence-electron chi connectivity index (χ4n) is 4.27. The van der Waals surface area contributed by atoms with Gasteiger partial charge in [0.25, 0.3) is 0 Å². The van der Waals surface area contributed by atoms with Crippen molar-refractivity contribution in [3.05, 3.63) is 10.4 Å². The van der Waals surface area contributed by atoms with E-state index in [1.165, 1.54) is 0 Å². The molecule has 0 unspecified atom stereocenters. The maximum absolute atomic E-state index is 12.5. The molecule has 0 aromatic carbocycles. The molecule has 3 aliphatic heterocycles. The predicted octanol–water partition coefficient (Wildman–Crippen LogP) is 1.53. The van der Waals surface area contributed by atoms with E-state index in [1.807, 2.05) is 6.92 Å². The van der Waals surface area contributed by atoms with Crippen molar-refractivity contribution in [2.45, 2.75) is 43.8 Å². The summed E-state index contributed by atoms with van der Waals surface area (Å²) in [4.78, 5) is 15.3. The number of nitrogens with one attached hydrogen (secondary N) is 1. The average molecular weight is 280 g/mol. The van der Waals surface area contributed by atoms with Crippen molar-refractivity contribution in [3.8, 4) is 0 Å². The summed E-state index contributed by atoms with van der Waals surface area (Å²) in [6.45, 7) is 4.21. The van der Waals surface area contributed by atoms with Gasteiger partial charge in [0.15, 0.2) is 0 Å². The lowest BCUT2D eigenvalue weighted by atomic mass is 9.54. The third-order valence-electron chi connectivity index (χ3n) is 5.03. The van der Waals surface area contributed by atoms with Crippen molar-refractivity contribution in [1.29, 1.82) is 0 Å². The maximum Gasteiger partial charge on any atom is 0.315 e. The van der Waals surface area contributed by atoms with Crippen LogP contribution >= 0.6 is 0 Å². The monoisotopic (exact) mass is 280 g/mol. The van der Waals surface area contributed by atoms with Crippen molar-refractivity contribution < 1.29 is 14.3 Å². The molecular formula is C13H20N4O3. The molecule has 4 rings (SSSR count). The van der Waals surface area contributed by atoms with Crippen LogP contribution in [0.1, 0.15) is 32.6 Å². The highest BCUT2D eigenvalue weighted by molar-refractivity contribution is 5.81. The summed E-state index contributed by atoms with van der Waals surface area (Å²) < 4.78 is 11.6. The number of hydrogen-bond acceptors (Lipinski definition) is 5. The van der Waals surface area contributed by atoms with Gasteiger partial charge in [0.1, 0.15) is 5.41 Å². The summed E-state index contributed by atoms with van der Waals surface area (Å²) in [7, 11) is 0. The lowest BCUT2D eigenvalue weighted by Gasteiger charge is -2.46. The molecule has 1 spiro atoms. The highest BCUT2D eigenvalue weighted by atomic mass is 16.6. The van der Waals surface area contributed by atoms with Gasteiger partial charge in [-0.1, -0.05) is 5.11 Å². The van der Waals surface area contributed by atoms with Gasteiger partial charge in [-0.3, -0.25) is 4.79 Å². The van der Waals surface area contributed by atoms with Crippen LogP contribution in [-0.2, 0) is 14.3 Å². The molecule has 3 heterocycles. The number of carbonyl (C=O) groups is 1. The number of azide groups is 1. The van der Waals surface area contributed by atoms with Crippen molar-refractivity contribution in [2.24, 2.45) is 10.5 Å². The molecule has 0 amide bonds. The standard InChI is InChI=1S/C13H20N4O3/c1-2-19-10(18)12-7-11(8-12,9-16-17-14)20-13(12)3-5-15-6-4-13/h15H,2-9H2,1H3. The lowest BCUT2D eigenvalue weighted by molar-refractivity contribution is -0.166. The van der Waals surface area contributed by atoms with Gasteiger partial charge >= 0.3 is 5.97 Å². The molecule has 0 aromatic heterocycles. The van der Waals surface area contributed by atoms with Gasteiger partial charge in [-0.2, -0.15) is 0 Å². The molecule has 0 aromatic rings. The number of carbonyl (C=O) groups excluding carboxylic acids is 1. The smallest absolute Gasteiger partial charge is 0.315 e. The molecule has 1 aliphatic carbocycles. The van der Waals surface area contributed by atoms with Gasteiger partial charge in [0.2, 0.25) is 0 Å². The first-order valence-electron chi connectivity index (χ1n) is 7.21. The fraction of sp³-hybridized carbons (Fsp3) is 0.923. The highest BCUT2D eigenvalue weighted by Crippen LogP contribution is 2.69. The lowest BCUT2D eigenvalue weighted by Crippen LogP contribution is -2.58. The predicted molar refractivity (Wildman–Crippen MR) is 71.0 cm³/mol. The van der Waals surface area contributed by atoms with Crippen LogP contribution in [-0.4, -0.2) is 43.4 Å².